The highest BCUT2D eigenvalue weighted by molar-refractivity contribution is 5.87. The first-order valence-electron chi connectivity index (χ1n) is 9.41. The molecule has 1 atom stereocenters. The van der Waals surface area contributed by atoms with E-state index in [1.807, 2.05) is 62.4 Å². The Morgan fingerprint density at radius 2 is 1.47 bits per heavy atom. The van der Waals surface area contributed by atoms with E-state index >= 15 is 0 Å². The highest BCUT2D eigenvalue weighted by atomic mass is 16.7. The summed E-state index contributed by atoms with van der Waals surface area (Å²) in [6.45, 7) is 8.38. The van der Waals surface area contributed by atoms with Crippen LogP contribution in [0.5, 0.6) is 6.01 Å². The van der Waals surface area contributed by atoms with Crippen molar-refractivity contribution in [2.75, 3.05) is 6.61 Å². The largest absolute Gasteiger partial charge is 0.420 e. The minimum Gasteiger partial charge on any atom is -0.420 e. The molecule has 0 aliphatic heterocycles. The van der Waals surface area contributed by atoms with Crippen molar-refractivity contribution in [2.45, 2.75) is 27.1 Å². The highest BCUT2D eigenvalue weighted by Gasteiger charge is 2.20. The summed E-state index contributed by atoms with van der Waals surface area (Å²) in [5, 5.41) is 9.58. The van der Waals surface area contributed by atoms with Gasteiger partial charge in [-0.05, 0) is 31.9 Å². The minimum atomic E-state index is -1.27. The van der Waals surface area contributed by atoms with E-state index < -0.39 is 18.9 Å². The van der Waals surface area contributed by atoms with Crippen molar-refractivity contribution in [3.05, 3.63) is 71.8 Å². The van der Waals surface area contributed by atoms with E-state index in [0.29, 0.717) is 11.6 Å². The maximum Gasteiger partial charge on any atom is 0.336 e. The van der Waals surface area contributed by atoms with Gasteiger partial charge in [-0.3, -0.25) is 0 Å². The predicted molar refractivity (Wildman–Crippen MR) is 113 cm³/mol. The van der Waals surface area contributed by atoms with E-state index in [1.165, 1.54) is 6.92 Å². The molecular weight excluding hydrogens is 382 g/mol. The third kappa shape index (κ3) is 4.87. The number of aliphatic hydroxyl groups excluding tert-OH is 1. The quantitative estimate of drug-likeness (QED) is 0.364. The molecule has 0 bridgehead atoms. The molecule has 0 amide bonds. The highest BCUT2D eigenvalue weighted by Crippen LogP contribution is 2.26. The SMILES string of the molecule is C=C(C)C(=O)OC(CO)Oc1nc(-c2ccccc2C)nc(-c2ccccc2C)n1. The smallest absolute Gasteiger partial charge is 0.336 e. The lowest BCUT2D eigenvalue weighted by molar-refractivity contribution is -0.164. The van der Waals surface area contributed by atoms with Gasteiger partial charge >= 0.3 is 12.0 Å². The second kappa shape index (κ2) is 9.28. The first kappa shape index (κ1) is 21.1. The molecule has 0 spiro atoms. The lowest BCUT2D eigenvalue weighted by atomic mass is 10.1. The van der Waals surface area contributed by atoms with E-state index in [2.05, 4.69) is 21.5 Å². The summed E-state index contributed by atoms with van der Waals surface area (Å²) in [6, 6.07) is 15.3. The maximum absolute atomic E-state index is 11.8. The number of aryl methyl sites for hydroxylation is 2. The molecule has 1 heterocycles. The molecular formula is C23H23N3O4. The lowest BCUT2D eigenvalue weighted by Crippen LogP contribution is -2.29. The van der Waals surface area contributed by atoms with Gasteiger partial charge in [0.05, 0.1) is 0 Å². The number of rotatable bonds is 7. The number of nitrogens with zero attached hydrogens (tertiary/aromatic N) is 3. The van der Waals surface area contributed by atoms with Gasteiger partial charge in [-0.2, -0.15) is 9.97 Å². The molecule has 0 saturated carbocycles. The predicted octanol–water partition coefficient (Wildman–Crippen LogP) is 3.64. The van der Waals surface area contributed by atoms with Gasteiger partial charge in [0.25, 0.3) is 6.29 Å². The average Bonchev–Trinajstić information content (AvgIpc) is 2.73. The molecule has 0 saturated heterocycles. The Hall–Kier alpha value is -3.58. The molecule has 7 heteroatoms. The first-order valence-corrected chi connectivity index (χ1v) is 9.41. The zero-order valence-corrected chi connectivity index (χ0v) is 17.1. The number of hydrogen-bond donors (Lipinski definition) is 1. The van der Waals surface area contributed by atoms with E-state index in [1.54, 1.807) is 0 Å². The summed E-state index contributed by atoms with van der Waals surface area (Å²) < 4.78 is 10.7. The van der Waals surface area contributed by atoms with E-state index in [0.717, 1.165) is 22.3 Å². The van der Waals surface area contributed by atoms with Gasteiger partial charge < -0.3 is 14.6 Å². The van der Waals surface area contributed by atoms with Crippen LogP contribution in [0.3, 0.4) is 0 Å². The van der Waals surface area contributed by atoms with Crippen LogP contribution in [-0.2, 0) is 9.53 Å². The van der Waals surface area contributed by atoms with Crippen molar-refractivity contribution in [2.24, 2.45) is 0 Å². The molecule has 30 heavy (non-hydrogen) atoms. The number of aromatic nitrogens is 3. The summed E-state index contributed by atoms with van der Waals surface area (Å²) in [4.78, 5) is 25.2. The van der Waals surface area contributed by atoms with Gasteiger partial charge in [-0.25, -0.2) is 9.78 Å². The Balaban J connectivity index is 2.06. The number of esters is 1. The van der Waals surface area contributed by atoms with Crippen LogP contribution in [0.25, 0.3) is 22.8 Å². The summed E-state index contributed by atoms with van der Waals surface area (Å²) in [5.41, 5.74) is 3.79. The second-order valence-electron chi connectivity index (χ2n) is 6.81. The number of carbonyl (C=O) groups excluding carboxylic acids is 1. The maximum atomic E-state index is 11.8. The molecule has 1 aromatic heterocycles. The van der Waals surface area contributed by atoms with Gasteiger partial charge in [0.1, 0.15) is 6.61 Å². The summed E-state index contributed by atoms with van der Waals surface area (Å²) in [5.74, 6) is 0.153. The minimum absolute atomic E-state index is 0.0601. The van der Waals surface area contributed by atoms with E-state index in [4.69, 9.17) is 9.47 Å². The Labute approximate surface area is 175 Å². The van der Waals surface area contributed by atoms with Crippen molar-refractivity contribution in [3.63, 3.8) is 0 Å². The van der Waals surface area contributed by atoms with Crippen LogP contribution in [0, 0.1) is 13.8 Å². The number of hydrogen-bond acceptors (Lipinski definition) is 7. The molecule has 0 fully saturated rings. The van der Waals surface area contributed by atoms with Crippen molar-refractivity contribution < 1.29 is 19.4 Å². The van der Waals surface area contributed by atoms with Crippen molar-refractivity contribution in [3.8, 4) is 28.8 Å². The van der Waals surface area contributed by atoms with Gasteiger partial charge in [-0.15, -0.1) is 0 Å². The molecule has 0 aliphatic rings. The molecule has 1 N–H and O–H groups in total. The van der Waals surface area contributed by atoms with Gasteiger partial charge in [0.15, 0.2) is 11.6 Å². The van der Waals surface area contributed by atoms with E-state index in [9.17, 15) is 9.90 Å². The molecule has 1 unspecified atom stereocenters. The molecule has 154 valence electrons. The topological polar surface area (TPSA) is 94.4 Å². The van der Waals surface area contributed by atoms with Crippen LogP contribution in [0.1, 0.15) is 18.1 Å². The Bertz CT molecular complexity index is 1020. The summed E-state index contributed by atoms with van der Waals surface area (Å²) in [6.07, 6.45) is -1.27. The standard InChI is InChI=1S/C23H23N3O4/c1-14(2)22(28)29-19(13-27)30-23-25-20(17-11-7-5-9-15(17)3)24-21(26-23)18-12-8-6-10-16(18)4/h5-12,19,27H,1,13H2,2-4H3. The van der Waals surface area contributed by atoms with Gasteiger partial charge in [-0.1, -0.05) is 55.1 Å². The van der Waals surface area contributed by atoms with Crippen LogP contribution in [0.4, 0.5) is 0 Å². The zero-order chi connectivity index (χ0) is 21.7. The molecule has 7 nitrogen and oxygen atoms in total. The fraction of sp³-hybridized carbons (Fsp3) is 0.217. The molecule has 2 aromatic carbocycles. The Morgan fingerprint density at radius 3 is 1.90 bits per heavy atom. The summed E-state index contributed by atoms with van der Waals surface area (Å²) >= 11 is 0. The third-order valence-corrected chi connectivity index (χ3v) is 4.36. The molecule has 3 aromatic rings. The molecule has 0 aliphatic carbocycles. The number of benzene rings is 2. The second-order valence-corrected chi connectivity index (χ2v) is 6.81. The van der Waals surface area contributed by atoms with Gasteiger partial charge in [0.2, 0.25) is 0 Å². The monoisotopic (exact) mass is 405 g/mol. The van der Waals surface area contributed by atoms with Gasteiger partial charge in [0, 0.05) is 16.7 Å². The first-order chi connectivity index (χ1) is 14.4. The van der Waals surface area contributed by atoms with Crippen LogP contribution in [0.2, 0.25) is 0 Å². The van der Waals surface area contributed by atoms with Crippen LogP contribution in [0.15, 0.2) is 60.7 Å². The van der Waals surface area contributed by atoms with Crippen LogP contribution < -0.4 is 4.74 Å². The zero-order valence-electron chi connectivity index (χ0n) is 17.1. The Morgan fingerprint density at radius 1 is 0.967 bits per heavy atom. The third-order valence-electron chi connectivity index (χ3n) is 4.36. The molecule has 3 rings (SSSR count). The van der Waals surface area contributed by atoms with Crippen LogP contribution >= 0.6 is 0 Å². The number of carbonyl (C=O) groups is 1. The summed E-state index contributed by atoms with van der Waals surface area (Å²) in [7, 11) is 0. The fourth-order valence-electron chi connectivity index (χ4n) is 2.73. The average molecular weight is 405 g/mol. The Kier molecular flexibility index (Phi) is 6.54. The molecule has 0 radical (unpaired) electrons. The van der Waals surface area contributed by atoms with Crippen LogP contribution in [-0.4, -0.2) is 38.9 Å². The number of ether oxygens (including phenoxy) is 2. The van der Waals surface area contributed by atoms with Crippen molar-refractivity contribution in [1.82, 2.24) is 15.0 Å². The van der Waals surface area contributed by atoms with E-state index in [-0.39, 0.29) is 11.6 Å². The fourth-order valence-corrected chi connectivity index (χ4v) is 2.73. The lowest BCUT2D eigenvalue weighted by Gasteiger charge is -2.17. The normalized spacial score (nSPS) is 11.6. The van der Waals surface area contributed by atoms with Crippen molar-refractivity contribution >= 4 is 5.97 Å². The van der Waals surface area contributed by atoms with Crippen molar-refractivity contribution in [1.29, 1.82) is 0 Å². The number of aliphatic hydroxyl groups is 1.